The first kappa shape index (κ1) is 10.7. The molecule has 0 aromatic carbocycles. The highest BCUT2D eigenvalue weighted by molar-refractivity contribution is 5.36. The van der Waals surface area contributed by atoms with E-state index in [2.05, 4.69) is 9.97 Å². The number of nitrogens with two attached hydrogens (primary N) is 2. The highest BCUT2D eigenvalue weighted by Gasteiger charge is 2.27. The molecule has 2 heterocycles. The SMILES string of the molecule is NCC(N)(c1ccncc1)c1ccncc1. The first-order valence-corrected chi connectivity index (χ1v) is 5.07. The van der Waals surface area contributed by atoms with Gasteiger partial charge in [-0.25, -0.2) is 0 Å². The zero-order valence-electron chi connectivity index (χ0n) is 8.88. The minimum atomic E-state index is -0.675. The topological polar surface area (TPSA) is 77.8 Å². The Balaban J connectivity index is 2.49. The molecule has 0 radical (unpaired) electrons. The van der Waals surface area contributed by atoms with Gasteiger partial charge < -0.3 is 11.5 Å². The molecule has 4 nitrogen and oxygen atoms in total. The van der Waals surface area contributed by atoms with Gasteiger partial charge in [0.15, 0.2) is 0 Å². The minimum absolute atomic E-state index is 0.334. The maximum absolute atomic E-state index is 6.36. The number of rotatable bonds is 3. The molecule has 0 amide bonds. The molecule has 82 valence electrons. The van der Waals surface area contributed by atoms with Gasteiger partial charge in [-0.2, -0.15) is 0 Å². The standard InChI is InChI=1S/C12H14N4/c13-9-12(14,10-1-5-15-6-2-10)11-3-7-16-8-4-11/h1-8H,9,13-14H2. The van der Waals surface area contributed by atoms with E-state index < -0.39 is 5.54 Å². The van der Waals surface area contributed by atoms with Gasteiger partial charge in [0.2, 0.25) is 0 Å². The first-order chi connectivity index (χ1) is 7.77. The maximum Gasteiger partial charge on any atom is 0.0792 e. The smallest absolute Gasteiger partial charge is 0.0792 e. The van der Waals surface area contributed by atoms with Gasteiger partial charge in [0.25, 0.3) is 0 Å². The lowest BCUT2D eigenvalue weighted by Crippen LogP contribution is -2.45. The van der Waals surface area contributed by atoms with Crippen molar-refractivity contribution in [3.63, 3.8) is 0 Å². The number of hydrogen-bond acceptors (Lipinski definition) is 4. The molecule has 2 aromatic rings. The third kappa shape index (κ3) is 1.80. The third-order valence-corrected chi connectivity index (χ3v) is 2.71. The van der Waals surface area contributed by atoms with Crippen LogP contribution in [0.5, 0.6) is 0 Å². The monoisotopic (exact) mass is 214 g/mol. The van der Waals surface area contributed by atoms with Crippen molar-refractivity contribution >= 4 is 0 Å². The molecule has 0 aliphatic heterocycles. The van der Waals surface area contributed by atoms with Gasteiger partial charge in [-0.3, -0.25) is 9.97 Å². The van der Waals surface area contributed by atoms with Crippen molar-refractivity contribution in [2.24, 2.45) is 11.5 Å². The molecule has 0 aliphatic carbocycles. The largest absolute Gasteiger partial charge is 0.328 e. The van der Waals surface area contributed by atoms with E-state index in [0.29, 0.717) is 6.54 Å². The molecule has 0 saturated heterocycles. The lowest BCUT2D eigenvalue weighted by atomic mass is 9.85. The summed E-state index contributed by atoms with van der Waals surface area (Å²) in [4.78, 5) is 7.96. The predicted molar refractivity (Wildman–Crippen MR) is 62.5 cm³/mol. The summed E-state index contributed by atoms with van der Waals surface area (Å²) in [6, 6.07) is 7.53. The summed E-state index contributed by atoms with van der Waals surface area (Å²) in [6.07, 6.45) is 6.86. The van der Waals surface area contributed by atoms with Gasteiger partial charge in [0.1, 0.15) is 0 Å². The molecule has 4 N–H and O–H groups in total. The second kappa shape index (κ2) is 4.38. The molecule has 0 unspecified atom stereocenters. The zero-order valence-corrected chi connectivity index (χ0v) is 8.88. The number of hydrogen-bond donors (Lipinski definition) is 2. The minimum Gasteiger partial charge on any atom is -0.328 e. The Hall–Kier alpha value is -1.78. The lowest BCUT2D eigenvalue weighted by molar-refractivity contribution is 0.550. The second-order valence-corrected chi connectivity index (χ2v) is 3.65. The normalized spacial score (nSPS) is 11.4. The van der Waals surface area contributed by atoms with Crippen molar-refractivity contribution in [1.82, 2.24) is 9.97 Å². The highest BCUT2D eigenvalue weighted by Crippen LogP contribution is 2.24. The molecular formula is C12H14N4. The number of nitrogens with zero attached hydrogens (tertiary/aromatic N) is 2. The lowest BCUT2D eigenvalue weighted by Gasteiger charge is -2.28. The van der Waals surface area contributed by atoms with Crippen LogP contribution in [0.15, 0.2) is 49.1 Å². The fraction of sp³-hybridized carbons (Fsp3) is 0.167. The van der Waals surface area contributed by atoms with Crippen LogP contribution < -0.4 is 11.5 Å². The van der Waals surface area contributed by atoms with E-state index in [-0.39, 0.29) is 0 Å². The van der Waals surface area contributed by atoms with Crippen LogP contribution in [-0.4, -0.2) is 16.5 Å². The van der Waals surface area contributed by atoms with Crippen molar-refractivity contribution in [3.8, 4) is 0 Å². The summed E-state index contributed by atoms with van der Waals surface area (Å²) in [5.41, 5.74) is 13.4. The Kier molecular flexibility index (Phi) is 2.94. The molecule has 0 spiro atoms. The van der Waals surface area contributed by atoms with E-state index in [1.54, 1.807) is 24.8 Å². The number of pyridine rings is 2. The third-order valence-electron chi connectivity index (χ3n) is 2.71. The molecule has 0 atom stereocenters. The Labute approximate surface area is 94.3 Å². The van der Waals surface area contributed by atoms with Gasteiger partial charge in [0.05, 0.1) is 5.54 Å². The van der Waals surface area contributed by atoms with E-state index >= 15 is 0 Å². The van der Waals surface area contributed by atoms with E-state index in [1.807, 2.05) is 24.3 Å². The summed E-state index contributed by atoms with van der Waals surface area (Å²) >= 11 is 0. The summed E-state index contributed by atoms with van der Waals surface area (Å²) < 4.78 is 0. The Bertz CT molecular complexity index is 402. The van der Waals surface area contributed by atoms with Crippen LogP contribution in [0, 0.1) is 0 Å². The zero-order chi connectivity index (χ0) is 11.4. The van der Waals surface area contributed by atoms with E-state index in [0.717, 1.165) is 11.1 Å². The van der Waals surface area contributed by atoms with Crippen LogP contribution in [0.1, 0.15) is 11.1 Å². The van der Waals surface area contributed by atoms with E-state index in [1.165, 1.54) is 0 Å². The second-order valence-electron chi connectivity index (χ2n) is 3.65. The van der Waals surface area contributed by atoms with E-state index in [4.69, 9.17) is 11.5 Å². The molecular weight excluding hydrogens is 200 g/mol. The molecule has 0 saturated carbocycles. The quantitative estimate of drug-likeness (QED) is 0.786. The van der Waals surface area contributed by atoms with Crippen LogP contribution >= 0.6 is 0 Å². The van der Waals surface area contributed by atoms with Crippen molar-refractivity contribution in [2.45, 2.75) is 5.54 Å². The fourth-order valence-electron chi connectivity index (χ4n) is 1.70. The van der Waals surface area contributed by atoms with Crippen LogP contribution in [-0.2, 0) is 5.54 Å². The molecule has 4 heteroatoms. The van der Waals surface area contributed by atoms with Crippen molar-refractivity contribution < 1.29 is 0 Å². The maximum atomic E-state index is 6.36. The molecule has 2 aromatic heterocycles. The van der Waals surface area contributed by atoms with E-state index in [9.17, 15) is 0 Å². The molecule has 0 fully saturated rings. The van der Waals surface area contributed by atoms with Gasteiger partial charge >= 0.3 is 0 Å². The summed E-state index contributed by atoms with van der Waals surface area (Å²) in [5.74, 6) is 0. The van der Waals surface area contributed by atoms with Crippen molar-refractivity contribution in [2.75, 3.05) is 6.54 Å². The molecule has 0 aliphatic rings. The Morgan fingerprint density at radius 2 is 1.25 bits per heavy atom. The predicted octanol–water partition coefficient (Wildman–Crippen LogP) is 0.638. The first-order valence-electron chi connectivity index (χ1n) is 5.07. The van der Waals surface area contributed by atoms with Crippen LogP contribution in [0.4, 0.5) is 0 Å². The van der Waals surface area contributed by atoms with Gasteiger partial charge in [0, 0.05) is 31.3 Å². The molecule has 16 heavy (non-hydrogen) atoms. The average Bonchev–Trinajstić information content (AvgIpc) is 2.40. The van der Waals surface area contributed by atoms with Crippen LogP contribution in [0.2, 0.25) is 0 Å². The average molecular weight is 214 g/mol. The summed E-state index contributed by atoms with van der Waals surface area (Å²) in [7, 11) is 0. The Morgan fingerprint density at radius 1 is 0.875 bits per heavy atom. The summed E-state index contributed by atoms with van der Waals surface area (Å²) in [5, 5.41) is 0. The highest BCUT2D eigenvalue weighted by atomic mass is 14.8. The number of aromatic nitrogens is 2. The fourth-order valence-corrected chi connectivity index (χ4v) is 1.70. The molecule has 0 bridgehead atoms. The van der Waals surface area contributed by atoms with Crippen LogP contribution in [0.25, 0.3) is 0 Å². The van der Waals surface area contributed by atoms with Crippen molar-refractivity contribution in [1.29, 1.82) is 0 Å². The van der Waals surface area contributed by atoms with Gasteiger partial charge in [-0.05, 0) is 35.4 Å². The van der Waals surface area contributed by atoms with Gasteiger partial charge in [-0.15, -0.1) is 0 Å². The molecule has 2 rings (SSSR count). The summed E-state index contributed by atoms with van der Waals surface area (Å²) in [6.45, 7) is 0.334. The van der Waals surface area contributed by atoms with Gasteiger partial charge in [-0.1, -0.05) is 0 Å². The van der Waals surface area contributed by atoms with Crippen LogP contribution in [0.3, 0.4) is 0 Å². The Morgan fingerprint density at radius 3 is 1.56 bits per heavy atom. The van der Waals surface area contributed by atoms with Crippen molar-refractivity contribution in [3.05, 3.63) is 60.2 Å².